The number of carbonyl (C=O) groups excluding carboxylic acids is 1. The Morgan fingerprint density at radius 3 is 1.96 bits per heavy atom. The Morgan fingerprint density at radius 1 is 0.815 bits per heavy atom. The minimum absolute atomic E-state index is 0. The van der Waals surface area contributed by atoms with E-state index < -0.39 is 0 Å². The predicted octanol–water partition coefficient (Wildman–Crippen LogP) is 7.11. The first-order chi connectivity index (χ1) is 12.8. The quantitative estimate of drug-likeness (QED) is 0.0992. The molecular formula is C24H45KO2. The van der Waals surface area contributed by atoms with Crippen LogP contribution in [0.4, 0.5) is 0 Å². The van der Waals surface area contributed by atoms with Gasteiger partial charge in [-0.15, -0.1) is 0 Å². The second-order valence-electron chi connectivity index (χ2n) is 8.14. The molecule has 0 radical (unpaired) electrons. The first kappa shape index (κ1) is 27.8. The fourth-order valence-electron chi connectivity index (χ4n) is 3.38. The van der Waals surface area contributed by atoms with Gasteiger partial charge in [-0.2, -0.15) is 0 Å². The Labute approximate surface area is 212 Å². The van der Waals surface area contributed by atoms with Gasteiger partial charge < -0.3 is 4.74 Å². The molecule has 154 valence electrons. The Bertz CT molecular complexity index is 350. The van der Waals surface area contributed by atoms with Gasteiger partial charge in [0, 0.05) is 6.42 Å². The Balaban J connectivity index is 0.00000676. The zero-order valence-electron chi connectivity index (χ0n) is 17.5. The van der Waals surface area contributed by atoms with Crippen molar-refractivity contribution in [1.82, 2.24) is 0 Å². The van der Waals surface area contributed by atoms with Crippen LogP contribution in [0.5, 0.6) is 0 Å². The van der Waals surface area contributed by atoms with Crippen LogP contribution in [0.25, 0.3) is 0 Å². The van der Waals surface area contributed by atoms with Crippen molar-refractivity contribution in [2.24, 2.45) is 5.92 Å². The van der Waals surface area contributed by atoms with Gasteiger partial charge in [-0.3, -0.25) is 4.79 Å². The monoisotopic (exact) mass is 404 g/mol. The molecule has 0 atom stereocenters. The first-order valence-corrected chi connectivity index (χ1v) is 11.6. The van der Waals surface area contributed by atoms with Gasteiger partial charge >= 0.3 is 57.4 Å². The van der Waals surface area contributed by atoms with Crippen molar-refractivity contribution in [3.05, 3.63) is 12.2 Å². The molecule has 0 heterocycles. The minimum atomic E-state index is 0. The first-order valence-electron chi connectivity index (χ1n) is 11.6. The molecular weight excluding hydrogens is 359 g/mol. The van der Waals surface area contributed by atoms with E-state index in [-0.39, 0.29) is 57.4 Å². The molecule has 27 heavy (non-hydrogen) atoms. The van der Waals surface area contributed by atoms with Crippen LogP contribution >= 0.6 is 0 Å². The summed E-state index contributed by atoms with van der Waals surface area (Å²) in [5, 5.41) is 0. The number of hydrogen-bond acceptors (Lipinski definition) is 2. The Kier molecular flexibility index (Phi) is 22.2. The van der Waals surface area contributed by atoms with Gasteiger partial charge in [0.1, 0.15) is 0 Å². The molecule has 3 heteroatoms. The molecule has 0 spiro atoms. The summed E-state index contributed by atoms with van der Waals surface area (Å²) in [6.07, 6.45) is 27.2. The Hall–Kier alpha value is 0.846. The summed E-state index contributed by atoms with van der Waals surface area (Å²) in [6.45, 7) is 2.91. The van der Waals surface area contributed by atoms with Crippen LogP contribution in [-0.4, -0.2) is 64.0 Å². The molecule has 0 saturated heterocycles. The zero-order valence-corrected chi connectivity index (χ0v) is 17.5. The molecule has 0 aliphatic heterocycles. The fraction of sp³-hybridized carbons (Fsp3) is 0.875. The summed E-state index contributed by atoms with van der Waals surface area (Å²) >= 11 is 0. The van der Waals surface area contributed by atoms with Gasteiger partial charge in [-0.25, -0.2) is 0 Å². The number of carbonyl (C=O) groups is 1. The number of ether oxygens (including phenoxy) is 1. The van der Waals surface area contributed by atoms with Gasteiger partial charge in [0.05, 0.1) is 6.61 Å². The van der Waals surface area contributed by atoms with Crippen molar-refractivity contribution in [3.63, 3.8) is 0 Å². The molecule has 2 nitrogen and oxygen atoms in total. The number of rotatable bonds is 19. The van der Waals surface area contributed by atoms with Gasteiger partial charge in [-0.05, 0) is 50.9 Å². The maximum atomic E-state index is 11.6. The van der Waals surface area contributed by atoms with E-state index in [2.05, 4.69) is 19.1 Å². The van der Waals surface area contributed by atoms with Crippen LogP contribution in [0.3, 0.4) is 0 Å². The summed E-state index contributed by atoms with van der Waals surface area (Å²) in [5.41, 5.74) is 0. The third kappa shape index (κ3) is 21.4. The third-order valence-corrected chi connectivity index (χ3v) is 5.36. The van der Waals surface area contributed by atoms with Crippen molar-refractivity contribution >= 4 is 57.4 Å². The van der Waals surface area contributed by atoms with Crippen LogP contribution in [0.2, 0.25) is 0 Å². The van der Waals surface area contributed by atoms with Crippen molar-refractivity contribution in [3.8, 4) is 0 Å². The molecule has 0 bridgehead atoms. The average molecular weight is 405 g/mol. The molecule has 1 aliphatic carbocycles. The number of unbranched alkanes of at least 4 members (excludes halogenated alkanes) is 11. The second kappa shape index (κ2) is 21.6. The van der Waals surface area contributed by atoms with Crippen LogP contribution in [0, 0.1) is 5.92 Å². The summed E-state index contributed by atoms with van der Waals surface area (Å²) < 4.78 is 5.29. The fourth-order valence-corrected chi connectivity index (χ4v) is 3.38. The van der Waals surface area contributed by atoms with E-state index in [1.165, 1.54) is 96.3 Å². The number of allylic oxidation sites excluding steroid dienone is 2. The predicted molar refractivity (Wildman–Crippen MR) is 120 cm³/mol. The van der Waals surface area contributed by atoms with E-state index in [1.807, 2.05) is 0 Å². The third-order valence-electron chi connectivity index (χ3n) is 5.36. The van der Waals surface area contributed by atoms with Crippen molar-refractivity contribution in [2.45, 2.75) is 122 Å². The van der Waals surface area contributed by atoms with E-state index in [0.717, 1.165) is 18.8 Å². The molecule has 0 unspecified atom stereocenters. The zero-order chi connectivity index (χ0) is 18.7. The summed E-state index contributed by atoms with van der Waals surface area (Å²) in [4.78, 5) is 11.6. The van der Waals surface area contributed by atoms with Crippen LogP contribution in [0.1, 0.15) is 122 Å². The van der Waals surface area contributed by atoms with Gasteiger partial charge in [-0.1, -0.05) is 83.3 Å². The summed E-state index contributed by atoms with van der Waals surface area (Å²) in [7, 11) is 0. The number of esters is 1. The molecule has 1 rings (SSSR count). The van der Waals surface area contributed by atoms with E-state index in [9.17, 15) is 4.79 Å². The molecule has 0 aromatic rings. The van der Waals surface area contributed by atoms with Gasteiger partial charge in [0.25, 0.3) is 0 Å². The molecule has 0 aromatic carbocycles. The van der Waals surface area contributed by atoms with Gasteiger partial charge in [0.15, 0.2) is 0 Å². The van der Waals surface area contributed by atoms with Gasteiger partial charge in [0.2, 0.25) is 0 Å². The topological polar surface area (TPSA) is 26.3 Å². The van der Waals surface area contributed by atoms with E-state index in [1.54, 1.807) is 0 Å². The standard InChI is InChI=1S/C24H44O2.K.H/c1-2-3-4-5-6-7-8-9-10-11-12-13-14-15-16-19-24(25)26-22-17-18-23-20-21-23;;/h9-10,23H,2-8,11-22H2,1H3;;/b10-9-;;. The molecule has 1 saturated carbocycles. The SMILES string of the molecule is CCCCCCCC/C=C\CCCCCCCC(=O)OCCCC1CC1.[KH]. The normalized spacial score (nSPS) is 13.7. The van der Waals surface area contributed by atoms with Crippen molar-refractivity contribution in [2.75, 3.05) is 6.61 Å². The van der Waals surface area contributed by atoms with Crippen molar-refractivity contribution < 1.29 is 9.53 Å². The second-order valence-corrected chi connectivity index (χ2v) is 8.14. The average Bonchev–Trinajstić information content (AvgIpc) is 3.46. The number of hydrogen-bond donors (Lipinski definition) is 0. The summed E-state index contributed by atoms with van der Waals surface area (Å²) in [5.74, 6) is 0.956. The summed E-state index contributed by atoms with van der Waals surface area (Å²) in [6, 6.07) is 0. The van der Waals surface area contributed by atoms with E-state index in [0.29, 0.717) is 13.0 Å². The Morgan fingerprint density at radius 2 is 1.37 bits per heavy atom. The van der Waals surface area contributed by atoms with E-state index in [4.69, 9.17) is 4.74 Å². The van der Waals surface area contributed by atoms with Crippen LogP contribution < -0.4 is 0 Å². The molecule has 0 aromatic heterocycles. The van der Waals surface area contributed by atoms with Crippen LogP contribution in [-0.2, 0) is 9.53 Å². The molecule has 0 amide bonds. The molecule has 1 fully saturated rings. The van der Waals surface area contributed by atoms with Crippen molar-refractivity contribution in [1.29, 1.82) is 0 Å². The van der Waals surface area contributed by atoms with Crippen LogP contribution in [0.15, 0.2) is 12.2 Å². The molecule has 1 aliphatic rings. The maximum absolute atomic E-state index is 11.6. The van der Waals surface area contributed by atoms with E-state index >= 15 is 0 Å². The molecule has 0 N–H and O–H groups in total.